The zero-order valence-electron chi connectivity index (χ0n) is 17.9. The number of hydrogen-bond donors (Lipinski definition) is 0. The third-order valence-corrected chi connectivity index (χ3v) is 4.81. The van der Waals surface area contributed by atoms with E-state index in [4.69, 9.17) is 5.26 Å². The normalized spacial score (nSPS) is 11.5. The molecule has 0 fully saturated rings. The first kappa shape index (κ1) is 22.0. The smallest absolute Gasteiger partial charge is 0.256 e. The van der Waals surface area contributed by atoms with Crippen LogP contribution in [0.5, 0.6) is 0 Å². The monoisotopic (exact) mass is 450 g/mol. The summed E-state index contributed by atoms with van der Waals surface area (Å²) in [6.07, 6.45) is 1.06. The highest BCUT2D eigenvalue weighted by Gasteiger charge is 2.24. The van der Waals surface area contributed by atoms with E-state index in [1.54, 1.807) is 20.9 Å². The van der Waals surface area contributed by atoms with E-state index in [1.165, 1.54) is 34.1 Å². The number of anilines is 2. The first-order valence-corrected chi connectivity index (χ1v) is 9.79. The average Bonchev–Trinajstić information content (AvgIpc) is 3.17. The fraction of sp³-hybridized carbons (Fsp3) is 0.273. The second-order valence-corrected chi connectivity index (χ2v) is 7.75. The van der Waals surface area contributed by atoms with E-state index < -0.39 is 24.2 Å². The van der Waals surface area contributed by atoms with Gasteiger partial charge in [-0.15, -0.1) is 5.10 Å². The summed E-state index contributed by atoms with van der Waals surface area (Å²) in [5.74, 6) is 4.81. The van der Waals surface area contributed by atoms with Crippen LogP contribution < -0.4 is 4.90 Å². The molecule has 11 heteroatoms. The summed E-state index contributed by atoms with van der Waals surface area (Å²) in [5, 5.41) is 17.4. The van der Waals surface area contributed by atoms with Gasteiger partial charge < -0.3 is 4.90 Å². The molecule has 0 spiro atoms. The van der Waals surface area contributed by atoms with Crippen molar-refractivity contribution in [1.82, 2.24) is 29.9 Å². The van der Waals surface area contributed by atoms with Crippen molar-refractivity contribution in [3.63, 3.8) is 0 Å². The standard InChI is InChI=1S/C22H17F3N8/c1-22(2,12-26)6-4-13-8-14(5-7-28-13)33(11-17(24)25)21-18-15(9-27-10-16(18)23)19-20(29-21)30-31-32(19)3/h5,7-10,17H,11H2,1-3H3. The summed E-state index contributed by atoms with van der Waals surface area (Å²) in [6, 6.07) is 5.04. The number of pyridine rings is 3. The van der Waals surface area contributed by atoms with Gasteiger partial charge in [0.2, 0.25) is 5.65 Å². The van der Waals surface area contributed by atoms with Crippen LogP contribution in [0.25, 0.3) is 21.9 Å². The SMILES string of the molecule is Cn1nnc2nc(N(CC(F)F)c3ccnc(C#CC(C)(C)C#N)c3)c3c(F)cncc3c21. The molecule has 0 aliphatic carbocycles. The zero-order chi connectivity index (χ0) is 23.8. The molecule has 0 aliphatic heterocycles. The molecule has 4 aromatic heterocycles. The molecule has 166 valence electrons. The summed E-state index contributed by atoms with van der Waals surface area (Å²) >= 11 is 0. The lowest BCUT2D eigenvalue weighted by Gasteiger charge is -2.25. The highest BCUT2D eigenvalue weighted by atomic mass is 19.3. The largest absolute Gasteiger partial charge is 0.320 e. The van der Waals surface area contributed by atoms with Crippen LogP contribution in [0.3, 0.4) is 0 Å². The minimum Gasteiger partial charge on any atom is -0.320 e. The predicted octanol–water partition coefficient (Wildman–Crippen LogP) is 3.75. The van der Waals surface area contributed by atoms with Crippen LogP contribution in [0.1, 0.15) is 19.5 Å². The molecule has 0 aromatic carbocycles. The van der Waals surface area contributed by atoms with Crippen LogP contribution in [0.15, 0.2) is 30.7 Å². The van der Waals surface area contributed by atoms with E-state index in [9.17, 15) is 13.2 Å². The lowest BCUT2D eigenvalue weighted by molar-refractivity contribution is 0.158. The summed E-state index contributed by atoms with van der Waals surface area (Å²) < 4.78 is 43.7. The van der Waals surface area contributed by atoms with Crippen LogP contribution in [-0.2, 0) is 7.05 Å². The van der Waals surface area contributed by atoms with E-state index in [0.29, 0.717) is 10.9 Å². The molecule has 0 unspecified atom stereocenters. The number of alkyl halides is 2. The van der Waals surface area contributed by atoms with E-state index >= 15 is 0 Å². The van der Waals surface area contributed by atoms with Gasteiger partial charge in [0.25, 0.3) is 6.43 Å². The molecule has 0 bridgehead atoms. The van der Waals surface area contributed by atoms with Crippen molar-refractivity contribution in [2.75, 3.05) is 11.4 Å². The molecule has 4 rings (SSSR count). The number of aryl methyl sites for hydroxylation is 1. The second-order valence-electron chi connectivity index (χ2n) is 7.75. The summed E-state index contributed by atoms with van der Waals surface area (Å²) in [6.45, 7) is 2.53. The van der Waals surface area contributed by atoms with E-state index in [1.807, 2.05) is 0 Å². The summed E-state index contributed by atoms with van der Waals surface area (Å²) in [4.78, 5) is 13.6. The molecule has 8 nitrogen and oxygen atoms in total. The van der Waals surface area contributed by atoms with Gasteiger partial charge in [0.1, 0.15) is 22.4 Å². The van der Waals surface area contributed by atoms with Gasteiger partial charge in [0.05, 0.1) is 24.2 Å². The van der Waals surface area contributed by atoms with Crippen LogP contribution >= 0.6 is 0 Å². The lowest BCUT2D eigenvalue weighted by atomic mass is 9.97. The van der Waals surface area contributed by atoms with Crippen molar-refractivity contribution < 1.29 is 13.2 Å². The van der Waals surface area contributed by atoms with E-state index in [-0.39, 0.29) is 28.2 Å². The average molecular weight is 450 g/mol. The van der Waals surface area contributed by atoms with Gasteiger partial charge in [-0.05, 0) is 31.9 Å². The van der Waals surface area contributed by atoms with Gasteiger partial charge >= 0.3 is 0 Å². The van der Waals surface area contributed by atoms with Crippen molar-refractivity contribution in [1.29, 1.82) is 5.26 Å². The fourth-order valence-corrected chi connectivity index (χ4v) is 3.27. The van der Waals surface area contributed by atoms with Crippen molar-refractivity contribution >= 4 is 33.4 Å². The summed E-state index contributed by atoms with van der Waals surface area (Å²) in [7, 11) is 1.62. The third-order valence-electron chi connectivity index (χ3n) is 4.81. The minimum atomic E-state index is -2.76. The van der Waals surface area contributed by atoms with Crippen LogP contribution in [0.4, 0.5) is 24.7 Å². The van der Waals surface area contributed by atoms with Crippen LogP contribution in [0, 0.1) is 34.4 Å². The van der Waals surface area contributed by atoms with Gasteiger partial charge in [-0.3, -0.25) is 4.98 Å². The second kappa shape index (κ2) is 8.36. The molecular formula is C22H17F3N8. The Morgan fingerprint density at radius 2 is 2.06 bits per heavy atom. The number of fused-ring (bicyclic) bond motifs is 3. The van der Waals surface area contributed by atoms with Gasteiger partial charge in [-0.2, -0.15) is 5.26 Å². The zero-order valence-corrected chi connectivity index (χ0v) is 17.9. The number of halogens is 3. The van der Waals surface area contributed by atoms with Gasteiger partial charge in [-0.25, -0.2) is 27.8 Å². The van der Waals surface area contributed by atoms with Crippen molar-refractivity contribution in [2.45, 2.75) is 20.3 Å². The Bertz CT molecular complexity index is 1460. The third kappa shape index (κ3) is 4.26. The van der Waals surface area contributed by atoms with Crippen molar-refractivity contribution in [2.24, 2.45) is 12.5 Å². The molecule has 33 heavy (non-hydrogen) atoms. The molecule has 0 atom stereocenters. The van der Waals surface area contributed by atoms with E-state index in [0.717, 1.165) is 6.20 Å². The maximum absolute atomic E-state index is 15.0. The number of nitrogens with zero attached hydrogens (tertiary/aromatic N) is 8. The first-order chi connectivity index (χ1) is 15.7. The van der Waals surface area contributed by atoms with Crippen molar-refractivity contribution in [3.05, 3.63) is 42.2 Å². The first-order valence-electron chi connectivity index (χ1n) is 9.79. The highest BCUT2D eigenvalue weighted by Crippen LogP contribution is 2.35. The molecule has 4 heterocycles. The molecule has 4 aromatic rings. The number of hydrogen-bond acceptors (Lipinski definition) is 7. The summed E-state index contributed by atoms with van der Waals surface area (Å²) in [5.41, 5.74) is 0.222. The Morgan fingerprint density at radius 1 is 1.27 bits per heavy atom. The number of nitriles is 1. The minimum absolute atomic E-state index is 0.0126. The Balaban J connectivity index is 1.95. The maximum atomic E-state index is 15.0. The molecule has 0 aliphatic rings. The van der Waals surface area contributed by atoms with Crippen LogP contribution in [0.2, 0.25) is 0 Å². The van der Waals surface area contributed by atoms with Crippen LogP contribution in [-0.4, -0.2) is 42.9 Å². The van der Waals surface area contributed by atoms with Gasteiger partial charge in [0.15, 0.2) is 5.82 Å². The predicted molar refractivity (Wildman–Crippen MR) is 115 cm³/mol. The maximum Gasteiger partial charge on any atom is 0.256 e. The number of rotatable bonds is 4. The van der Waals surface area contributed by atoms with Crippen molar-refractivity contribution in [3.8, 4) is 17.9 Å². The molecule has 0 N–H and O–H groups in total. The van der Waals surface area contributed by atoms with E-state index in [2.05, 4.69) is 43.2 Å². The Labute approximate surface area is 186 Å². The highest BCUT2D eigenvalue weighted by molar-refractivity contribution is 6.08. The fourth-order valence-electron chi connectivity index (χ4n) is 3.27. The Hall–Kier alpha value is -4.25. The van der Waals surface area contributed by atoms with Gasteiger partial charge in [-0.1, -0.05) is 11.1 Å². The molecule has 0 saturated heterocycles. The quantitative estimate of drug-likeness (QED) is 0.437. The lowest BCUT2D eigenvalue weighted by Crippen LogP contribution is -2.25. The molecule has 0 amide bonds. The molecule has 0 radical (unpaired) electrons. The molecular weight excluding hydrogens is 433 g/mol. The molecule has 0 saturated carbocycles. The topological polar surface area (TPSA) is 96.4 Å². The Kier molecular flexibility index (Phi) is 5.56. The number of aromatic nitrogens is 6. The van der Waals surface area contributed by atoms with Gasteiger partial charge in [0, 0.05) is 30.5 Å². The Morgan fingerprint density at radius 3 is 2.79 bits per heavy atom.